The quantitative estimate of drug-likeness (QED) is 0.503. The fourth-order valence-electron chi connectivity index (χ4n) is 4.73. The topological polar surface area (TPSA) is 48.0 Å². The molecule has 0 aliphatic carbocycles. The summed E-state index contributed by atoms with van der Waals surface area (Å²) in [6.07, 6.45) is 2.47. The van der Waals surface area contributed by atoms with Gasteiger partial charge in [-0.1, -0.05) is 36.4 Å². The average molecular weight is 462 g/mol. The van der Waals surface area contributed by atoms with Crippen molar-refractivity contribution in [1.82, 2.24) is 4.90 Å². The summed E-state index contributed by atoms with van der Waals surface area (Å²) in [4.78, 5) is 15.0. The zero-order valence-electron chi connectivity index (χ0n) is 19.0. The van der Waals surface area contributed by atoms with Gasteiger partial charge in [0, 0.05) is 25.1 Å². The Hall–Kier alpha value is -3.38. The Bertz CT molecular complexity index is 1130. The minimum Gasteiger partial charge on any atom is -0.489 e. The van der Waals surface area contributed by atoms with Gasteiger partial charge in [-0.25, -0.2) is 4.39 Å². The Morgan fingerprint density at radius 3 is 2.53 bits per heavy atom. The molecule has 2 aliphatic rings. The minimum absolute atomic E-state index is 0.0128. The molecule has 1 atom stereocenters. The number of carbonyl (C=O) groups excluding carboxylic acids is 1. The molecule has 2 aliphatic heterocycles. The highest BCUT2D eigenvalue weighted by Gasteiger charge is 2.44. The first-order chi connectivity index (χ1) is 16.6. The number of amides is 1. The van der Waals surface area contributed by atoms with Gasteiger partial charge in [0.2, 0.25) is 0 Å². The van der Waals surface area contributed by atoms with Crippen molar-refractivity contribution in [2.45, 2.75) is 37.6 Å². The fourth-order valence-corrected chi connectivity index (χ4v) is 4.73. The standard InChI is InChI=1S/C28H28FNO4/c29-23-8-4-6-21(16-23)19-32-25-11-5-7-22(17-25)27(31)30-14-12-28(13-15-30)18-26(20-33-28)34-24-9-2-1-3-10-24/h1-11,16-17,26H,12-15,18-20H2/t26-/m1/s1. The third kappa shape index (κ3) is 5.23. The van der Waals surface area contributed by atoms with E-state index in [0.717, 1.165) is 30.6 Å². The second-order valence-electron chi connectivity index (χ2n) is 8.99. The van der Waals surface area contributed by atoms with Crippen LogP contribution in [0.1, 0.15) is 35.2 Å². The van der Waals surface area contributed by atoms with Crippen molar-refractivity contribution in [3.05, 3.63) is 95.8 Å². The number of hydrogen-bond acceptors (Lipinski definition) is 4. The van der Waals surface area contributed by atoms with E-state index in [-0.39, 0.29) is 30.0 Å². The number of piperidine rings is 1. The molecule has 1 spiro atoms. The lowest BCUT2D eigenvalue weighted by Gasteiger charge is -2.38. The van der Waals surface area contributed by atoms with Gasteiger partial charge in [0.1, 0.15) is 30.0 Å². The predicted molar refractivity (Wildman–Crippen MR) is 126 cm³/mol. The number of rotatable bonds is 6. The zero-order valence-corrected chi connectivity index (χ0v) is 19.0. The van der Waals surface area contributed by atoms with E-state index in [9.17, 15) is 9.18 Å². The molecule has 3 aromatic rings. The first-order valence-corrected chi connectivity index (χ1v) is 11.7. The summed E-state index contributed by atoms with van der Waals surface area (Å²) in [5.74, 6) is 1.14. The van der Waals surface area contributed by atoms with Crippen molar-refractivity contribution in [2.24, 2.45) is 0 Å². The van der Waals surface area contributed by atoms with Gasteiger partial charge in [0.15, 0.2) is 0 Å². The predicted octanol–water partition coefficient (Wildman–Crippen LogP) is 5.25. The van der Waals surface area contributed by atoms with Crippen LogP contribution in [-0.2, 0) is 11.3 Å². The Kier molecular flexibility index (Phi) is 6.50. The molecule has 2 fully saturated rings. The summed E-state index contributed by atoms with van der Waals surface area (Å²) in [7, 11) is 0. The van der Waals surface area contributed by atoms with Gasteiger partial charge in [-0.3, -0.25) is 4.79 Å². The molecule has 0 bridgehead atoms. The van der Waals surface area contributed by atoms with Crippen molar-refractivity contribution < 1.29 is 23.4 Å². The third-order valence-corrected chi connectivity index (χ3v) is 6.56. The monoisotopic (exact) mass is 461 g/mol. The molecule has 0 unspecified atom stereocenters. The third-order valence-electron chi connectivity index (χ3n) is 6.56. The number of para-hydroxylation sites is 1. The molecule has 2 heterocycles. The van der Waals surface area contributed by atoms with Crippen molar-refractivity contribution in [3.63, 3.8) is 0 Å². The normalized spacial score (nSPS) is 19.2. The van der Waals surface area contributed by atoms with Gasteiger partial charge < -0.3 is 19.1 Å². The second-order valence-corrected chi connectivity index (χ2v) is 8.99. The summed E-state index contributed by atoms with van der Waals surface area (Å²) in [5.41, 5.74) is 1.11. The summed E-state index contributed by atoms with van der Waals surface area (Å²) in [6.45, 7) is 2.11. The lowest BCUT2D eigenvalue weighted by molar-refractivity contribution is -0.0395. The van der Waals surface area contributed by atoms with Crippen LogP contribution in [0.15, 0.2) is 78.9 Å². The molecule has 34 heavy (non-hydrogen) atoms. The van der Waals surface area contributed by atoms with Gasteiger partial charge in [-0.05, 0) is 60.9 Å². The first kappa shape index (κ1) is 22.4. The largest absolute Gasteiger partial charge is 0.489 e. The number of ether oxygens (including phenoxy) is 3. The maximum absolute atomic E-state index is 13.4. The number of hydrogen-bond donors (Lipinski definition) is 0. The zero-order chi connectivity index (χ0) is 23.4. The van der Waals surface area contributed by atoms with Crippen molar-refractivity contribution in [2.75, 3.05) is 19.7 Å². The maximum atomic E-state index is 13.4. The molecule has 1 amide bonds. The number of halogens is 1. The van der Waals surface area contributed by atoms with Crippen molar-refractivity contribution >= 4 is 5.91 Å². The van der Waals surface area contributed by atoms with Crippen LogP contribution in [0.3, 0.4) is 0 Å². The molecule has 0 radical (unpaired) electrons. The minimum atomic E-state index is -0.294. The fraction of sp³-hybridized carbons (Fsp3) is 0.321. The van der Waals surface area contributed by atoms with E-state index < -0.39 is 0 Å². The highest BCUT2D eigenvalue weighted by Crippen LogP contribution is 2.37. The van der Waals surface area contributed by atoms with Gasteiger partial charge in [-0.15, -0.1) is 0 Å². The Labute approximate surface area is 199 Å². The number of carbonyl (C=O) groups is 1. The summed E-state index contributed by atoms with van der Waals surface area (Å²) in [6, 6.07) is 23.3. The summed E-state index contributed by atoms with van der Waals surface area (Å²) >= 11 is 0. The van der Waals surface area contributed by atoms with Crippen LogP contribution in [-0.4, -0.2) is 42.2 Å². The van der Waals surface area contributed by atoms with Crippen molar-refractivity contribution in [3.8, 4) is 11.5 Å². The van der Waals surface area contributed by atoms with Gasteiger partial charge in [-0.2, -0.15) is 0 Å². The van der Waals surface area contributed by atoms with Crippen LogP contribution in [0.4, 0.5) is 4.39 Å². The molecule has 5 rings (SSSR count). The summed E-state index contributed by atoms with van der Waals surface area (Å²) < 4.78 is 31.4. The molecule has 3 aromatic carbocycles. The SMILES string of the molecule is O=C(c1cccc(OCc2cccc(F)c2)c1)N1CCC2(CC1)C[C@@H](Oc1ccccc1)CO2. The average Bonchev–Trinajstić information content (AvgIpc) is 3.25. The molecular formula is C28H28FNO4. The molecule has 0 saturated carbocycles. The number of likely N-dealkylation sites (tertiary alicyclic amines) is 1. The van der Waals surface area contributed by atoms with Gasteiger partial charge in [0.25, 0.3) is 5.91 Å². The van der Waals surface area contributed by atoms with Crippen molar-refractivity contribution in [1.29, 1.82) is 0 Å². The highest BCUT2D eigenvalue weighted by molar-refractivity contribution is 5.94. The van der Waals surface area contributed by atoms with E-state index in [1.165, 1.54) is 12.1 Å². The Balaban J connectivity index is 1.15. The van der Waals surface area contributed by atoms with Crippen LogP contribution in [0.25, 0.3) is 0 Å². The molecule has 2 saturated heterocycles. The van der Waals surface area contributed by atoms with Crippen LogP contribution in [0, 0.1) is 5.82 Å². The van der Waals surface area contributed by atoms with E-state index in [1.807, 2.05) is 47.4 Å². The van der Waals surface area contributed by atoms with Crippen LogP contribution in [0.2, 0.25) is 0 Å². The van der Waals surface area contributed by atoms with E-state index in [2.05, 4.69) is 0 Å². The lowest BCUT2D eigenvalue weighted by Crippen LogP contribution is -2.46. The number of nitrogens with zero attached hydrogens (tertiary/aromatic N) is 1. The lowest BCUT2D eigenvalue weighted by atomic mass is 9.87. The highest BCUT2D eigenvalue weighted by atomic mass is 19.1. The molecule has 0 N–H and O–H groups in total. The van der Waals surface area contributed by atoms with Crippen LogP contribution >= 0.6 is 0 Å². The second kappa shape index (κ2) is 9.85. The first-order valence-electron chi connectivity index (χ1n) is 11.7. The van der Waals surface area contributed by atoms with Crippen LogP contribution in [0.5, 0.6) is 11.5 Å². The molecule has 0 aromatic heterocycles. The van der Waals surface area contributed by atoms with Crippen LogP contribution < -0.4 is 9.47 Å². The van der Waals surface area contributed by atoms with E-state index in [4.69, 9.17) is 14.2 Å². The van der Waals surface area contributed by atoms with E-state index in [0.29, 0.717) is 31.0 Å². The smallest absolute Gasteiger partial charge is 0.253 e. The maximum Gasteiger partial charge on any atom is 0.253 e. The molecular weight excluding hydrogens is 433 g/mol. The molecule has 6 heteroatoms. The Morgan fingerprint density at radius 1 is 0.971 bits per heavy atom. The molecule has 5 nitrogen and oxygen atoms in total. The van der Waals surface area contributed by atoms with Gasteiger partial charge >= 0.3 is 0 Å². The molecule has 176 valence electrons. The summed E-state index contributed by atoms with van der Waals surface area (Å²) in [5, 5.41) is 0. The Morgan fingerprint density at radius 2 is 1.74 bits per heavy atom. The number of benzene rings is 3. The van der Waals surface area contributed by atoms with E-state index in [1.54, 1.807) is 24.3 Å². The van der Waals surface area contributed by atoms with E-state index >= 15 is 0 Å². The van der Waals surface area contributed by atoms with Gasteiger partial charge in [0.05, 0.1) is 12.2 Å².